The molecule has 1 aliphatic rings. The molecule has 1 aliphatic carbocycles. The van der Waals surface area contributed by atoms with Gasteiger partial charge in [-0.3, -0.25) is 0 Å². The van der Waals surface area contributed by atoms with Crippen LogP contribution in [-0.2, 0) is 6.42 Å². The molecule has 2 unspecified atom stereocenters. The molecule has 1 aromatic carbocycles. The van der Waals surface area contributed by atoms with E-state index < -0.39 is 0 Å². The molecule has 0 aliphatic heterocycles. The van der Waals surface area contributed by atoms with E-state index in [9.17, 15) is 0 Å². The molecule has 2 rings (SSSR count). The third-order valence-corrected chi connectivity index (χ3v) is 4.79. The van der Waals surface area contributed by atoms with Crippen molar-refractivity contribution < 1.29 is 4.74 Å². The molecule has 19 heavy (non-hydrogen) atoms. The molecule has 3 heteroatoms. The summed E-state index contributed by atoms with van der Waals surface area (Å²) < 4.78 is 5.40. The smallest absolute Gasteiger partial charge is 0.122 e. The molecule has 0 saturated heterocycles. The Labute approximate surface area is 121 Å². The Kier molecular flexibility index (Phi) is 4.42. The molecule has 1 fully saturated rings. The number of rotatable bonds is 4. The SMILES string of the molecule is COc1ccc(Cl)cc1CC(N)C1CCCC1(C)C. The van der Waals surface area contributed by atoms with E-state index >= 15 is 0 Å². The summed E-state index contributed by atoms with van der Waals surface area (Å²) in [6.45, 7) is 4.67. The topological polar surface area (TPSA) is 35.2 Å². The number of halogens is 1. The van der Waals surface area contributed by atoms with Crippen molar-refractivity contribution in [2.24, 2.45) is 17.1 Å². The van der Waals surface area contributed by atoms with Crippen LogP contribution in [0.5, 0.6) is 5.75 Å². The van der Waals surface area contributed by atoms with Gasteiger partial charge in [0.05, 0.1) is 7.11 Å². The highest BCUT2D eigenvalue weighted by Gasteiger charge is 2.38. The lowest BCUT2D eigenvalue weighted by Gasteiger charge is -2.32. The maximum absolute atomic E-state index is 6.46. The van der Waals surface area contributed by atoms with Crippen molar-refractivity contribution in [2.75, 3.05) is 7.11 Å². The highest BCUT2D eigenvalue weighted by molar-refractivity contribution is 6.30. The maximum Gasteiger partial charge on any atom is 0.122 e. The van der Waals surface area contributed by atoms with Gasteiger partial charge in [0.1, 0.15) is 5.75 Å². The van der Waals surface area contributed by atoms with E-state index in [1.807, 2.05) is 18.2 Å². The van der Waals surface area contributed by atoms with Crippen LogP contribution in [0.4, 0.5) is 0 Å². The summed E-state index contributed by atoms with van der Waals surface area (Å²) in [5.74, 6) is 1.46. The van der Waals surface area contributed by atoms with Gasteiger partial charge in [0.2, 0.25) is 0 Å². The number of hydrogen-bond donors (Lipinski definition) is 1. The average molecular weight is 282 g/mol. The van der Waals surface area contributed by atoms with Gasteiger partial charge in [-0.25, -0.2) is 0 Å². The fraction of sp³-hybridized carbons (Fsp3) is 0.625. The van der Waals surface area contributed by atoms with Crippen molar-refractivity contribution in [3.63, 3.8) is 0 Å². The van der Waals surface area contributed by atoms with Crippen LogP contribution in [0.15, 0.2) is 18.2 Å². The number of benzene rings is 1. The Morgan fingerprint density at radius 2 is 2.21 bits per heavy atom. The molecular formula is C16H24ClNO. The van der Waals surface area contributed by atoms with Gasteiger partial charge in [-0.2, -0.15) is 0 Å². The molecule has 0 spiro atoms. The molecular weight excluding hydrogens is 258 g/mol. The number of methoxy groups -OCH3 is 1. The van der Waals surface area contributed by atoms with E-state index in [0.29, 0.717) is 11.3 Å². The maximum atomic E-state index is 6.46. The highest BCUT2D eigenvalue weighted by atomic mass is 35.5. The third kappa shape index (κ3) is 3.24. The van der Waals surface area contributed by atoms with E-state index in [1.54, 1.807) is 7.11 Å². The molecule has 2 N–H and O–H groups in total. The molecule has 0 bridgehead atoms. The summed E-state index contributed by atoms with van der Waals surface area (Å²) in [5.41, 5.74) is 7.93. The van der Waals surface area contributed by atoms with Crippen LogP contribution in [0, 0.1) is 11.3 Å². The first-order chi connectivity index (χ1) is 8.94. The van der Waals surface area contributed by atoms with Crippen molar-refractivity contribution in [1.82, 2.24) is 0 Å². The fourth-order valence-electron chi connectivity index (χ4n) is 3.45. The molecule has 106 valence electrons. The second-order valence-corrected chi connectivity index (χ2v) is 6.75. The predicted octanol–water partition coefficient (Wildman–Crippen LogP) is 4.04. The first-order valence-electron chi connectivity index (χ1n) is 7.02. The zero-order valence-electron chi connectivity index (χ0n) is 12.1. The standard InChI is InChI=1S/C16H24ClNO/c1-16(2)8-4-5-13(16)14(18)10-11-9-12(17)6-7-15(11)19-3/h6-7,9,13-14H,4-5,8,10,18H2,1-3H3. The van der Waals surface area contributed by atoms with Crippen LogP contribution < -0.4 is 10.5 Å². The normalized spacial score (nSPS) is 23.3. The van der Waals surface area contributed by atoms with Gasteiger partial charge in [0, 0.05) is 11.1 Å². The Bertz CT molecular complexity index is 444. The Morgan fingerprint density at radius 3 is 2.79 bits per heavy atom. The molecule has 0 amide bonds. The van der Waals surface area contributed by atoms with Gasteiger partial charge in [-0.05, 0) is 54.4 Å². The first kappa shape index (κ1) is 14.7. The van der Waals surface area contributed by atoms with Gasteiger partial charge < -0.3 is 10.5 Å². The quantitative estimate of drug-likeness (QED) is 0.904. The van der Waals surface area contributed by atoms with Crippen LogP contribution in [0.3, 0.4) is 0 Å². The summed E-state index contributed by atoms with van der Waals surface area (Å²) in [6, 6.07) is 5.92. The lowest BCUT2D eigenvalue weighted by Crippen LogP contribution is -2.38. The molecule has 0 aromatic heterocycles. The Morgan fingerprint density at radius 1 is 1.47 bits per heavy atom. The van der Waals surface area contributed by atoms with Crippen LogP contribution >= 0.6 is 11.6 Å². The second-order valence-electron chi connectivity index (χ2n) is 6.31. The Hall–Kier alpha value is -0.730. The minimum absolute atomic E-state index is 0.171. The van der Waals surface area contributed by atoms with E-state index in [4.69, 9.17) is 22.1 Å². The lowest BCUT2D eigenvalue weighted by atomic mass is 9.76. The molecule has 2 atom stereocenters. The van der Waals surface area contributed by atoms with Crippen molar-refractivity contribution in [3.8, 4) is 5.75 Å². The van der Waals surface area contributed by atoms with Gasteiger partial charge >= 0.3 is 0 Å². The monoisotopic (exact) mass is 281 g/mol. The number of nitrogens with two attached hydrogens (primary N) is 1. The largest absolute Gasteiger partial charge is 0.496 e. The van der Waals surface area contributed by atoms with Crippen LogP contribution in [0.2, 0.25) is 5.02 Å². The molecule has 1 aromatic rings. The van der Waals surface area contributed by atoms with Gasteiger partial charge in [0.15, 0.2) is 0 Å². The third-order valence-electron chi connectivity index (χ3n) is 4.55. The summed E-state index contributed by atoms with van der Waals surface area (Å²) in [5, 5.41) is 0.744. The predicted molar refractivity (Wildman–Crippen MR) is 80.8 cm³/mol. The van der Waals surface area contributed by atoms with Crippen molar-refractivity contribution in [2.45, 2.75) is 45.6 Å². The van der Waals surface area contributed by atoms with E-state index in [0.717, 1.165) is 22.8 Å². The van der Waals surface area contributed by atoms with Gasteiger partial charge in [0.25, 0.3) is 0 Å². The van der Waals surface area contributed by atoms with Crippen molar-refractivity contribution >= 4 is 11.6 Å². The second kappa shape index (κ2) is 5.72. The zero-order valence-corrected chi connectivity index (χ0v) is 12.8. The van der Waals surface area contributed by atoms with E-state index in [-0.39, 0.29) is 6.04 Å². The molecule has 0 radical (unpaired) electrons. The van der Waals surface area contributed by atoms with E-state index in [1.165, 1.54) is 19.3 Å². The zero-order chi connectivity index (χ0) is 14.0. The van der Waals surface area contributed by atoms with Crippen molar-refractivity contribution in [3.05, 3.63) is 28.8 Å². The molecule has 1 saturated carbocycles. The van der Waals surface area contributed by atoms with Crippen LogP contribution in [0.25, 0.3) is 0 Å². The van der Waals surface area contributed by atoms with Crippen molar-refractivity contribution in [1.29, 1.82) is 0 Å². The molecule has 0 heterocycles. The van der Waals surface area contributed by atoms with Crippen LogP contribution in [0.1, 0.15) is 38.7 Å². The van der Waals surface area contributed by atoms with Crippen LogP contribution in [-0.4, -0.2) is 13.2 Å². The summed E-state index contributed by atoms with van der Waals surface area (Å²) >= 11 is 6.08. The lowest BCUT2D eigenvalue weighted by molar-refractivity contribution is 0.219. The summed E-state index contributed by atoms with van der Waals surface area (Å²) in [6.07, 6.45) is 4.63. The fourth-order valence-corrected chi connectivity index (χ4v) is 3.64. The number of hydrogen-bond acceptors (Lipinski definition) is 2. The highest BCUT2D eigenvalue weighted by Crippen LogP contribution is 2.44. The summed E-state index contributed by atoms with van der Waals surface area (Å²) in [7, 11) is 1.69. The summed E-state index contributed by atoms with van der Waals surface area (Å²) in [4.78, 5) is 0. The Balaban J connectivity index is 2.14. The minimum Gasteiger partial charge on any atom is -0.496 e. The van der Waals surface area contributed by atoms with Gasteiger partial charge in [-0.15, -0.1) is 0 Å². The number of ether oxygens (including phenoxy) is 1. The molecule has 2 nitrogen and oxygen atoms in total. The first-order valence-corrected chi connectivity index (χ1v) is 7.40. The van der Waals surface area contributed by atoms with E-state index in [2.05, 4.69) is 13.8 Å². The minimum atomic E-state index is 0.171. The average Bonchev–Trinajstić information content (AvgIpc) is 2.69. The van der Waals surface area contributed by atoms with Gasteiger partial charge in [-0.1, -0.05) is 31.9 Å².